The standard InChI is InChI=1S/C27H36O15/c1-11-19(37-13(3)29)8-17-18(25(33)34-7)9-36-26(21(11)17)42-27-24(40-16(6)32)23(39-15(5)31)22(38-14(4)30)20(41-27)10-35-12(2)28/h9,11,17,19-24,26-27H,8,10H2,1-7H3/t11?,17?,19?,20-,21?,22-,23+,24-,26?,27-/m0/s1. The van der Waals surface area contributed by atoms with Crippen LogP contribution >= 0.6 is 0 Å². The third-order valence-electron chi connectivity index (χ3n) is 7.14. The quantitative estimate of drug-likeness (QED) is 0.266. The van der Waals surface area contributed by atoms with Crippen molar-refractivity contribution in [1.82, 2.24) is 0 Å². The second-order valence-electron chi connectivity index (χ2n) is 10.2. The molecule has 0 radical (unpaired) electrons. The van der Waals surface area contributed by atoms with E-state index in [2.05, 4.69) is 0 Å². The highest BCUT2D eigenvalue weighted by Gasteiger charge is 2.57. The van der Waals surface area contributed by atoms with Crippen LogP contribution in [-0.4, -0.2) is 92.6 Å². The summed E-state index contributed by atoms with van der Waals surface area (Å²) in [5, 5.41) is 0. The minimum atomic E-state index is -1.51. The van der Waals surface area contributed by atoms with Gasteiger partial charge in [-0.15, -0.1) is 0 Å². The lowest BCUT2D eigenvalue weighted by molar-refractivity contribution is -0.345. The van der Waals surface area contributed by atoms with Crippen LogP contribution in [0.25, 0.3) is 0 Å². The van der Waals surface area contributed by atoms with Crippen LogP contribution < -0.4 is 0 Å². The summed E-state index contributed by atoms with van der Waals surface area (Å²) in [6.45, 7) is 7.11. The first-order chi connectivity index (χ1) is 19.7. The van der Waals surface area contributed by atoms with Gasteiger partial charge in [0.05, 0.1) is 18.9 Å². The van der Waals surface area contributed by atoms with Gasteiger partial charge in [0.2, 0.25) is 12.6 Å². The zero-order chi connectivity index (χ0) is 31.3. The van der Waals surface area contributed by atoms with E-state index in [9.17, 15) is 28.8 Å². The van der Waals surface area contributed by atoms with Gasteiger partial charge in [0, 0.05) is 52.4 Å². The normalized spacial score (nSPS) is 33.5. The Morgan fingerprint density at radius 2 is 1.36 bits per heavy atom. The minimum absolute atomic E-state index is 0.213. The van der Waals surface area contributed by atoms with Crippen molar-refractivity contribution in [3.63, 3.8) is 0 Å². The van der Waals surface area contributed by atoms with Crippen molar-refractivity contribution in [1.29, 1.82) is 0 Å². The third kappa shape index (κ3) is 7.76. The molecule has 0 N–H and O–H groups in total. The Bertz CT molecular complexity index is 1100. The van der Waals surface area contributed by atoms with E-state index in [0.29, 0.717) is 0 Å². The largest absolute Gasteiger partial charge is 0.472 e. The van der Waals surface area contributed by atoms with E-state index in [0.717, 1.165) is 27.7 Å². The second-order valence-corrected chi connectivity index (χ2v) is 10.2. The fourth-order valence-corrected chi connectivity index (χ4v) is 5.57. The van der Waals surface area contributed by atoms with Crippen LogP contribution in [0.3, 0.4) is 0 Å². The third-order valence-corrected chi connectivity index (χ3v) is 7.14. The Hall–Kier alpha value is -3.72. The number of methoxy groups -OCH3 is 1. The van der Waals surface area contributed by atoms with Gasteiger partial charge in [-0.2, -0.15) is 0 Å². The van der Waals surface area contributed by atoms with Gasteiger partial charge in [-0.05, 0) is 6.42 Å². The number of esters is 6. The van der Waals surface area contributed by atoms with E-state index >= 15 is 0 Å². The highest BCUT2D eigenvalue weighted by Crippen LogP contribution is 2.49. The molecular formula is C27H36O15. The number of carbonyl (C=O) groups is 6. The highest BCUT2D eigenvalue weighted by molar-refractivity contribution is 5.89. The lowest BCUT2D eigenvalue weighted by Gasteiger charge is -2.46. The Morgan fingerprint density at radius 3 is 1.90 bits per heavy atom. The first kappa shape index (κ1) is 32.8. The molecule has 3 aliphatic rings. The molecule has 1 saturated carbocycles. The molecule has 0 bridgehead atoms. The summed E-state index contributed by atoms with van der Waals surface area (Å²) in [5.74, 6) is -5.66. The molecule has 1 saturated heterocycles. The number of rotatable bonds is 9. The van der Waals surface area contributed by atoms with E-state index < -0.39 is 97.4 Å². The molecule has 2 fully saturated rings. The van der Waals surface area contributed by atoms with Crippen molar-refractivity contribution < 1.29 is 71.4 Å². The Balaban J connectivity index is 2.01. The molecule has 15 nitrogen and oxygen atoms in total. The Morgan fingerprint density at radius 1 is 0.786 bits per heavy atom. The maximum atomic E-state index is 12.5. The SMILES string of the molecule is COC(=O)C1=COC(O[C@@H]2O[C@@H](COC(C)=O)[C@H](OC(C)=O)[C@@H](OC(C)=O)[C@@H]2OC(C)=O)C2C1CC(OC(C)=O)C2C. The second kappa shape index (κ2) is 14.0. The van der Waals surface area contributed by atoms with Crippen molar-refractivity contribution in [3.8, 4) is 0 Å². The lowest BCUT2D eigenvalue weighted by atomic mass is 9.83. The summed E-state index contributed by atoms with van der Waals surface area (Å²) in [6.07, 6.45) is -7.30. The highest BCUT2D eigenvalue weighted by atomic mass is 16.8. The van der Waals surface area contributed by atoms with Gasteiger partial charge < -0.3 is 42.6 Å². The van der Waals surface area contributed by atoms with Crippen LogP contribution in [0.2, 0.25) is 0 Å². The van der Waals surface area contributed by atoms with Crippen LogP contribution in [0.1, 0.15) is 48.0 Å². The number of ether oxygens (including phenoxy) is 9. The smallest absolute Gasteiger partial charge is 0.337 e. The Kier molecular flexibility index (Phi) is 10.9. The van der Waals surface area contributed by atoms with Gasteiger partial charge in [-0.25, -0.2) is 4.79 Å². The molecule has 1 aliphatic carbocycles. The summed E-state index contributed by atoms with van der Waals surface area (Å²) in [6, 6.07) is 0. The van der Waals surface area contributed by atoms with Gasteiger partial charge in [0.1, 0.15) is 18.8 Å². The average molecular weight is 601 g/mol. The van der Waals surface area contributed by atoms with Crippen LogP contribution in [0, 0.1) is 17.8 Å². The van der Waals surface area contributed by atoms with Gasteiger partial charge >= 0.3 is 35.8 Å². The molecule has 0 aromatic rings. The van der Waals surface area contributed by atoms with E-state index in [-0.39, 0.29) is 17.9 Å². The molecule has 2 aliphatic heterocycles. The van der Waals surface area contributed by atoms with E-state index in [1.54, 1.807) is 6.92 Å². The molecular weight excluding hydrogens is 564 g/mol. The average Bonchev–Trinajstić information content (AvgIpc) is 3.20. The van der Waals surface area contributed by atoms with Gasteiger partial charge in [-0.3, -0.25) is 24.0 Å². The fourth-order valence-electron chi connectivity index (χ4n) is 5.57. The summed E-state index contributed by atoms with van der Waals surface area (Å²) in [7, 11) is 1.22. The molecule has 3 rings (SSSR count). The van der Waals surface area contributed by atoms with Gasteiger partial charge in [0.25, 0.3) is 0 Å². The molecule has 42 heavy (non-hydrogen) atoms. The number of hydrogen-bond donors (Lipinski definition) is 0. The molecule has 2 heterocycles. The predicted octanol–water partition coefficient (Wildman–Crippen LogP) is 0.703. The monoisotopic (exact) mass is 600 g/mol. The Labute approximate surface area is 242 Å². The fraction of sp³-hybridized carbons (Fsp3) is 0.704. The molecule has 0 aromatic carbocycles. The zero-order valence-corrected chi connectivity index (χ0v) is 24.4. The molecule has 10 atom stereocenters. The number of fused-ring (bicyclic) bond motifs is 1. The zero-order valence-electron chi connectivity index (χ0n) is 24.4. The minimum Gasteiger partial charge on any atom is -0.472 e. The molecule has 0 aromatic heterocycles. The molecule has 234 valence electrons. The molecule has 0 spiro atoms. The molecule has 0 amide bonds. The van der Waals surface area contributed by atoms with Crippen molar-refractivity contribution in [2.75, 3.05) is 13.7 Å². The molecule has 15 heteroatoms. The van der Waals surface area contributed by atoms with Crippen LogP contribution in [0.4, 0.5) is 0 Å². The van der Waals surface area contributed by atoms with Crippen molar-refractivity contribution in [3.05, 3.63) is 11.8 Å². The number of hydrogen-bond acceptors (Lipinski definition) is 15. The van der Waals surface area contributed by atoms with Crippen LogP contribution in [0.15, 0.2) is 11.8 Å². The lowest BCUT2D eigenvalue weighted by Crippen LogP contribution is -2.63. The first-order valence-corrected chi connectivity index (χ1v) is 13.3. The van der Waals surface area contributed by atoms with Crippen molar-refractivity contribution in [2.24, 2.45) is 17.8 Å². The van der Waals surface area contributed by atoms with Gasteiger partial charge in [-0.1, -0.05) is 6.92 Å². The predicted molar refractivity (Wildman–Crippen MR) is 134 cm³/mol. The van der Waals surface area contributed by atoms with E-state index in [1.165, 1.54) is 20.3 Å². The summed E-state index contributed by atoms with van der Waals surface area (Å²) >= 11 is 0. The van der Waals surface area contributed by atoms with E-state index in [4.69, 9.17) is 42.6 Å². The van der Waals surface area contributed by atoms with Crippen molar-refractivity contribution in [2.45, 2.75) is 91.1 Å². The van der Waals surface area contributed by atoms with Crippen molar-refractivity contribution >= 4 is 35.8 Å². The topological polar surface area (TPSA) is 185 Å². The van der Waals surface area contributed by atoms with Crippen LogP contribution in [-0.2, 0) is 71.4 Å². The van der Waals surface area contributed by atoms with Gasteiger partial charge in [0.15, 0.2) is 18.3 Å². The van der Waals surface area contributed by atoms with E-state index in [1.807, 2.05) is 0 Å². The summed E-state index contributed by atoms with van der Waals surface area (Å²) in [4.78, 5) is 72.1. The van der Waals surface area contributed by atoms with Crippen LogP contribution in [0.5, 0.6) is 0 Å². The summed E-state index contributed by atoms with van der Waals surface area (Å²) < 4.78 is 49.8. The maximum Gasteiger partial charge on any atom is 0.337 e. The maximum absolute atomic E-state index is 12.5. The summed E-state index contributed by atoms with van der Waals surface area (Å²) in [5.41, 5.74) is 0.213. The first-order valence-electron chi connectivity index (χ1n) is 13.3. The number of carbonyl (C=O) groups excluding carboxylic acids is 6. The molecule has 5 unspecified atom stereocenters.